The normalized spacial score (nSPS) is 24.6. The van der Waals surface area contributed by atoms with E-state index in [1.54, 1.807) is 0 Å². The topological polar surface area (TPSA) is 43.1 Å². The molecule has 1 aliphatic carbocycles. The second-order valence-corrected chi connectivity index (χ2v) is 5.46. The highest BCUT2D eigenvalue weighted by molar-refractivity contribution is 9.10. The lowest BCUT2D eigenvalue weighted by atomic mass is 9.96. The van der Waals surface area contributed by atoms with Crippen molar-refractivity contribution in [1.29, 1.82) is 0 Å². The fraction of sp³-hybridized carbons (Fsp3) is 0.462. The van der Waals surface area contributed by atoms with E-state index in [4.69, 9.17) is 5.73 Å². The van der Waals surface area contributed by atoms with Gasteiger partial charge in [0.2, 0.25) is 0 Å². The number of nitrogens with two attached hydrogens (primary N) is 1. The van der Waals surface area contributed by atoms with E-state index in [0.29, 0.717) is 12.2 Å². The van der Waals surface area contributed by atoms with Crippen molar-refractivity contribution in [3.05, 3.63) is 34.3 Å². The van der Waals surface area contributed by atoms with Gasteiger partial charge < -0.3 is 5.73 Å². The Bertz CT molecular complexity index is 374. The molecule has 2 atom stereocenters. The Morgan fingerprint density at radius 2 is 2.00 bits per heavy atom. The first-order valence-electron chi connectivity index (χ1n) is 5.68. The molecule has 1 aromatic carbocycles. The Labute approximate surface area is 104 Å². The smallest absolute Gasteiger partial charge is 0.140 e. The first-order valence-corrected chi connectivity index (χ1v) is 6.47. The van der Waals surface area contributed by atoms with Crippen LogP contribution in [0.4, 0.5) is 0 Å². The highest BCUT2D eigenvalue weighted by Gasteiger charge is 2.27. The molecule has 2 nitrogen and oxygen atoms in total. The van der Waals surface area contributed by atoms with E-state index in [1.807, 2.05) is 24.3 Å². The zero-order chi connectivity index (χ0) is 11.5. The van der Waals surface area contributed by atoms with Crippen LogP contribution < -0.4 is 5.73 Å². The van der Waals surface area contributed by atoms with E-state index in [1.165, 1.54) is 0 Å². The standard InChI is InChI=1S/C13H16BrNO/c14-11-4-1-9(2-5-11)7-13(16)10-3-6-12(15)8-10/h1-2,4-5,10,12H,3,6-8,15H2. The largest absolute Gasteiger partial charge is 0.328 e. The van der Waals surface area contributed by atoms with Gasteiger partial charge in [-0.2, -0.15) is 0 Å². The first-order chi connectivity index (χ1) is 7.65. The lowest BCUT2D eigenvalue weighted by molar-refractivity contribution is -0.122. The van der Waals surface area contributed by atoms with Crippen molar-refractivity contribution >= 4 is 21.7 Å². The Hall–Kier alpha value is -0.670. The van der Waals surface area contributed by atoms with Crippen LogP contribution >= 0.6 is 15.9 Å². The molecule has 0 spiro atoms. The monoisotopic (exact) mass is 281 g/mol. The van der Waals surface area contributed by atoms with E-state index in [9.17, 15) is 4.79 Å². The third kappa shape index (κ3) is 2.92. The summed E-state index contributed by atoms with van der Waals surface area (Å²) in [6.07, 6.45) is 3.38. The van der Waals surface area contributed by atoms with Crippen molar-refractivity contribution in [1.82, 2.24) is 0 Å². The molecule has 0 saturated heterocycles. The van der Waals surface area contributed by atoms with Crippen molar-refractivity contribution < 1.29 is 4.79 Å². The Morgan fingerprint density at radius 3 is 2.56 bits per heavy atom. The molecule has 0 radical (unpaired) electrons. The summed E-state index contributed by atoms with van der Waals surface area (Å²) in [6, 6.07) is 8.18. The molecule has 2 rings (SSSR count). The molecular formula is C13H16BrNO. The van der Waals surface area contributed by atoms with Crippen molar-refractivity contribution in [3.8, 4) is 0 Å². The number of carbonyl (C=O) groups is 1. The Morgan fingerprint density at radius 1 is 1.31 bits per heavy atom. The van der Waals surface area contributed by atoms with Crippen LogP contribution in [0.25, 0.3) is 0 Å². The molecule has 0 bridgehead atoms. The molecule has 0 heterocycles. The minimum Gasteiger partial charge on any atom is -0.328 e. The molecule has 0 amide bonds. The highest BCUT2D eigenvalue weighted by Crippen LogP contribution is 2.26. The number of halogens is 1. The summed E-state index contributed by atoms with van der Waals surface area (Å²) < 4.78 is 1.05. The molecule has 1 aromatic rings. The van der Waals surface area contributed by atoms with Crippen molar-refractivity contribution in [2.45, 2.75) is 31.7 Å². The lowest BCUT2D eigenvalue weighted by Gasteiger charge is -2.08. The fourth-order valence-electron chi connectivity index (χ4n) is 2.26. The van der Waals surface area contributed by atoms with Crippen LogP contribution in [0, 0.1) is 5.92 Å². The summed E-state index contributed by atoms with van der Waals surface area (Å²) in [5.74, 6) is 0.536. The Balaban J connectivity index is 1.94. The second kappa shape index (κ2) is 5.11. The molecule has 86 valence electrons. The van der Waals surface area contributed by atoms with E-state index in [2.05, 4.69) is 15.9 Å². The summed E-state index contributed by atoms with van der Waals surface area (Å²) in [5.41, 5.74) is 6.91. The van der Waals surface area contributed by atoms with Gasteiger partial charge in [0.25, 0.3) is 0 Å². The number of benzene rings is 1. The van der Waals surface area contributed by atoms with Crippen LogP contribution in [-0.2, 0) is 11.2 Å². The maximum Gasteiger partial charge on any atom is 0.140 e. The minimum atomic E-state index is 0.193. The van der Waals surface area contributed by atoms with E-state index in [0.717, 1.165) is 29.3 Å². The number of Topliss-reactive ketones (excluding diaryl/α,β-unsaturated/α-hetero) is 1. The number of carbonyl (C=O) groups excluding carboxylic acids is 1. The van der Waals surface area contributed by atoms with Crippen LogP contribution in [0.3, 0.4) is 0 Å². The third-order valence-corrected chi connectivity index (χ3v) is 3.75. The quantitative estimate of drug-likeness (QED) is 0.926. The first kappa shape index (κ1) is 11.8. The molecule has 2 N–H and O–H groups in total. The van der Waals surface area contributed by atoms with Crippen LogP contribution in [0.5, 0.6) is 0 Å². The van der Waals surface area contributed by atoms with E-state index >= 15 is 0 Å². The highest BCUT2D eigenvalue weighted by atomic mass is 79.9. The van der Waals surface area contributed by atoms with Gasteiger partial charge in [0.05, 0.1) is 0 Å². The van der Waals surface area contributed by atoms with Crippen LogP contribution in [0.2, 0.25) is 0 Å². The molecule has 3 heteroatoms. The minimum absolute atomic E-state index is 0.193. The van der Waals surface area contributed by atoms with Gasteiger partial charge >= 0.3 is 0 Å². The Kier molecular flexibility index (Phi) is 3.77. The van der Waals surface area contributed by atoms with Gasteiger partial charge in [-0.05, 0) is 37.0 Å². The summed E-state index contributed by atoms with van der Waals surface area (Å²) in [6.45, 7) is 0. The third-order valence-electron chi connectivity index (χ3n) is 3.22. The van der Waals surface area contributed by atoms with Crippen molar-refractivity contribution in [3.63, 3.8) is 0 Å². The summed E-state index contributed by atoms with van der Waals surface area (Å²) in [7, 11) is 0. The average molecular weight is 282 g/mol. The van der Waals surface area contributed by atoms with Gasteiger partial charge in [0, 0.05) is 22.9 Å². The number of rotatable bonds is 3. The van der Waals surface area contributed by atoms with Crippen LogP contribution in [0.1, 0.15) is 24.8 Å². The van der Waals surface area contributed by atoms with Gasteiger partial charge in [0.15, 0.2) is 0 Å². The van der Waals surface area contributed by atoms with Crippen LogP contribution in [-0.4, -0.2) is 11.8 Å². The molecule has 16 heavy (non-hydrogen) atoms. The predicted octanol–water partition coefficient (Wildman–Crippen LogP) is 2.69. The van der Waals surface area contributed by atoms with Crippen molar-refractivity contribution in [2.24, 2.45) is 11.7 Å². The predicted molar refractivity (Wildman–Crippen MR) is 68.2 cm³/mol. The lowest BCUT2D eigenvalue weighted by Crippen LogP contribution is -2.19. The molecule has 1 saturated carbocycles. The van der Waals surface area contributed by atoms with Crippen molar-refractivity contribution in [2.75, 3.05) is 0 Å². The molecule has 0 aromatic heterocycles. The van der Waals surface area contributed by atoms with Crippen LogP contribution in [0.15, 0.2) is 28.7 Å². The molecule has 1 aliphatic rings. The zero-order valence-corrected chi connectivity index (χ0v) is 10.7. The van der Waals surface area contributed by atoms with Gasteiger partial charge in [-0.1, -0.05) is 28.1 Å². The number of hydrogen-bond donors (Lipinski definition) is 1. The molecular weight excluding hydrogens is 266 g/mol. The van der Waals surface area contributed by atoms with E-state index < -0.39 is 0 Å². The maximum atomic E-state index is 12.0. The maximum absolute atomic E-state index is 12.0. The zero-order valence-electron chi connectivity index (χ0n) is 9.16. The number of hydrogen-bond acceptors (Lipinski definition) is 2. The second-order valence-electron chi connectivity index (χ2n) is 4.54. The fourth-order valence-corrected chi connectivity index (χ4v) is 2.52. The van der Waals surface area contributed by atoms with E-state index in [-0.39, 0.29) is 12.0 Å². The molecule has 1 fully saturated rings. The summed E-state index contributed by atoms with van der Waals surface area (Å²) in [4.78, 5) is 12.0. The summed E-state index contributed by atoms with van der Waals surface area (Å²) >= 11 is 3.38. The SMILES string of the molecule is NC1CCC(C(=O)Cc2ccc(Br)cc2)C1. The summed E-state index contributed by atoms with van der Waals surface area (Å²) in [5, 5.41) is 0. The molecule has 0 aliphatic heterocycles. The van der Waals surface area contributed by atoms with Gasteiger partial charge in [0.1, 0.15) is 5.78 Å². The van der Waals surface area contributed by atoms with Gasteiger partial charge in [-0.15, -0.1) is 0 Å². The number of ketones is 1. The van der Waals surface area contributed by atoms with Gasteiger partial charge in [-0.3, -0.25) is 4.79 Å². The molecule has 2 unspecified atom stereocenters. The average Bonchev–Trinajstić information content (AvgIpc) is 2.68. The van der Waals surface area contributed by atoms with Gasteiger partial charge in [-0.25, -0.2) is 0 Å².